The van der Waals surface area contributed by atoms with Crippen molar-refractivity contribution in [2.75, 3.05) is 26.3 Å². The number of benzene rings is 1. The highest BCUT2D eigenvalue weighted by Gasteiger charge is 2.60. The number of carbonyl (C=O) groups is 1. The lowest BCUT2D eigenvalue weighted by Crippen LogP contribution is -2.55. The summed E-state index contributed by atoms with van der Waals surface area (Å²) >= 11 is 0. The fraction of sp³-hybridized carbons (Fsp3) is 0.538. The van der Waals surface area contributed by atoms with Crippen LogP contribution in [0.4, 0.5) is 9.18 Å². The van der Waals surface area contributed by atoms with Crippen LogP contribution in [0, 0.1) is 11.2 Å². The van der Waals surface area contributed by atoms with Crippen LogP contribution in [-0.4, -0.2) is 59.0 Å². The minimum atomic E-state index is -0.557. The number of aromatic nitrogens is 2. The summed E-state index contributed by atoms with van der Waals surface area (Å²) in [6.45, 7) is 4.79. The van der Waals surface area contributed by atoms with E-state index < -0.39 is 5.60 Å². The van der Waals surface area contributed by atoms with E-state index in [0.29, 0.717) is 32.7 Å². The first kappa shape index (κ1) is 21.8. The van der Waals surface area contributed by atoms with Crippen LogP contribution < -0.4 is 0 Å². The summed E-state index contributed by atoms with van der Waals surface area (Å²) in [5, 5.41) is 4.62. The van der Waals surface area contributed by atoms with Crippen molar-refractivity contribution < 1.29 is 23.4 Å². The number of rotatable bonds is 4. The maximum atomic E-state index is 13.4. The van der Waals surface area contributed by atoms with Crippen LogP contribution in [0.5, 0.6) is 0 Å². The number of fused-ring (bicyclic) bond motifs is 3. The zero-order valence-corrected chi connectivity index (χ0v) is 19.5. The fourth-order valence-corrected chi connectivity index (χ4v) is 6.12. The van der Waals surface area contributed by atoms with Crippen molar-refractivity contribution in [3.63, 3.8) is 0 Å². The molecule has 3 heterocycles. The summed E-state index contributed by atoms with van der Waals surface area (Å²) in [6.07, 6.45) is 8.73. The first-order valence-electron chi connectivity index (χ1n) is 12.2. The van der Waals surface area contributed by atoms with Gasteiger partial charge in [-0.1, -0.05) is 12.5 Å². The van der Waals surface area contributed by atoms with Gasteiger partial charge >= 0.3 is 6.09 Å². The Morgan fingerprint density at radius 1 is 1.18 bits per heavy atom. The molecule has 0 N–H and O–H groups in total. The Bertz CT molecular complexity index is 1120. The maximum Gasteiger partial charge on any atom is 0.410 e. The van der Waals surface area contributed by atoms with Crippen LogP contribution in [0.25, 0.3) is 11.8 Å². The van der Waals surface area contributed by atoms with Crippen molar-refractivity contribution in [1.82, 2.24) is 14.7 Å². The normalized spacial score (nSPS) is 29.1. The Kier molecular flexibility index (Phi) is 5.26. The van der Waals surface area contributed by atoms with E-state index in [2.05, 4.69) is 18.1 Å². The number of nitrogens with zero attached hydrogens (tertiary/aromatic N) is 3. The molecule has 2 aliphatic heterocycles. The van der Waals surface area contributed by atoms with Gasteiger partial charge in [0.05, 0.1) is 37.3 Å². The van der Waals surface area contributed by atoms with Gasteiger partial charge < -0.3 is 19.1 Å². The third-order valence-electron chi connectivity index (χ3n) is 8.07. The highest BCUT2D eigenvalue weighted by molar-refractivity contribution is 5.72. The van der Waals surface area contributed by atoms with E-state index >= 15 is 0 Å². The van der Waals surface area contributed by atoms with E-state index in [0.717, 1.165) is 49.0 Å². The van der Waals surface area contributed by atoms with Crippen LogP contribution in [-0.2, 0) is 20.6 Å². The van der Waals surface area contributed by atoms with Gasteiger partial charge in [-0.05, 0) is 68.0 Å². The highest BCUT2D eigenvalue weighted by atomic mass is 19.1. The molecule has 1 aromatic heterocycles. The molecule has 1 spiro atoms. The zero-order valence-electron chi connectivity index (χ0n) is 19.5. The quantitative estimate of drug-likeness (QED) is 0.663. The molecule has 2 aliphatic carbocycles. The molecule has 0 bridgehead atoms. The zero-order chi connectivity index (χ0) is 23.3. The Morgan fingerprint density at radius 3 is 2.76 bits per heavy atom. The van der Waals surface area contributed by atoms with E-state index in [1.54, 1.807) is 12.1 Å². The van der Waals surface area contributed by atoms with Gasteiger partial charge in [0, 0.05) is 18.4 Å². The van der Waals surface area contributed by atoms with Gasteiger partial charge in [0.15, 0.2) is 6.29 Å². The number of hydrogen-bond donors (Lipinski definition) is 0. The van der Waals surface area contributed by atoms with Gasteiger partial charge in [-0.2, -0.15) is 5.10 Å². The van der Waals surface area contributed by atoms with Crippen molar-refractivity contribution >= 4 is 12.2 Å². The van der Waals surface area contributed by atoms with Gasteiger partial charge in [-0.15, -0.1) is 0 Å². The molecule has 34 heavy (non-hydrogen) atoms. The predicted octanol–water partition coefficient (Wildman–Crippen LogP) is 4.49. The van der Waals surface area contributed by atoms with E-state index in [4.69, 9.17) is 14.2 Å². The lowest BCUT2D eigenvalue weighted by molar-refractivity contribution is -0.181. The second-order valence-corrected chi connectivity index (χ2v) is 10.1. The van der Waals surface area contributed by atoms with E-state index in [-0.39, 0.29) is 23.6 Å². The van der Waals surface area contributed by atoms with E-state index in [1.807, 2.05) is 15.8 Å². The van der Waals surface area contributed by atoms with E-state index in [1.165, 1.54) is 17.7 Å². The molecule has 0 unspecified atom stereocenters. The number of ether oxygens (including phenoxy) is 3. The molecule has 1 aromatic carbocycles. The molecule has 6 rings (SSSR count). The molecular weight excluding hydrogens is 437 g/mol. The largest absolute Gasteiger partial charge is 0.440 e. The average Bonchev–Trinajstić information content (AvgIpc) is 3.39. The van der Waals surface area contributed by atoms with Crippen LogP contribution in [0.15, 0.2) is 36.0 Å². The Labute approximate surface area is 198 Å². The van der Waals surface area contributed by atoms with Gasteiger partial charge in [0.2, 0.25) is 0 Å². The van der Waals surface area contributed by atoms with Crippen LogP contribution in [0.3, 0.4) is 0 Å². The second kappa shape index (κ2) is 8.20. The molecule has 180 valence electrons. The molecule has 2 saturated heterocycles. The summed E-state index contributed by atoms with van der Waals surface area (Å²) < 4.78 is 32.9. The standard InChI is InChI=1S/C26H30FN3O4/c1-25-15-18-16-28-30(21-7-5-20(27)6-8-21)22(18)14-19(25)4-2-10-26(25)17-29(24(31)34-26)11-9-23-32-12-3-13-33-23/h5-8,14,16,23H,2-4,9-13,15,17H2,1H3/t25-,26+/m0/s1. The predicted molar refractivity (Wildman–Crippen MR) is 123 cm³/mol. The number of hydrogen-bond acceptors (Lipinski definition) is 5. The SMILES string of the molecule is C[C@]12Cc3cnn(-c4ccc(F)cc4)c3C=C1CCC[C@@]21CN(CCC2OCCCO2)C(=O)O1. The van der Waals surface area contributed by atoms with Gasteiger partial charge in [-0.25, -0.2) is 13.9 Å². The minimum absolute atomic E-state index is 0.244. The molecule has 1 saturated carbocycles. The lowest BCUT2D eigenvalue weighted by Gasteiger charge is -2.51. The van der Waals surface area contributed by atoms with Gasteiger partial charge in [-0.3, -0.25) is 0 Å². The summed E-state index contributed by atoms with van der Waals surface area (Å²) in [5.74, 6) is -0.265. The number of halogens is 1. The van der Waals surface area contributed by atoms with Crippen LogP contribution in [0.1, 0.15) is 50.3 Å². The highest BCUT2D eigenvalue weighted by Crippen LogP contribution is 2.56. The topological polar surface area (TPSA) is 65.8 Å². The van der Waals surface area contributed by atoms with Crippen molar-refractivity contribution in [3.05, 3.63) is 53.1 Å². The molecular formula is C26H30FN3O4. The number of carbonyl (C=O) groups excluding carboxylic acids is 1. The first-order chi connectivity index (χ1) is 16.5. The summed E-state index contributed by atoms with van der Waals surface area (Å²) in [6, 6.07) is 6.39. The van der Waals surface area contributed by atoms with Crippen LogP contribution in [0.2, 0.25) is 0 Å². The smallest absolute Gasteiger partial charge is 0.410 e. The number of amides is 1. The first-order valence-corrected chi connectivity index (χ1v) is 12.2. The maximum absolute atomic E-state index is 13.4. The van der Waals surface area contributed by atoms with Crippen LogP contribution >= 0.6 is 0 Å². The molecule has 1 amide bonds. The summed E-state index contributed by atoms with van der Waals surface area (Å²) in [4.78, 5) is 14.8. The summed E-state index contributed by atoms with van der Waals surface area (Å²) in [5.41, 5.74) is 3.43. The van der Waals surface area contributed by atoms with E-state index in [9.17, 15) is 9.18 Å². The fourth-order valence-electron chi connectivity index (χ4n) is 6.12. The molecule has 0 radical (unpaired) electrons. The molecule has 7 nitrogen and oxygen atoms in total. The van der Waals surface area contributed by atoms with Crippen molar-refractivity contribution in [1.29, 1.82) is 0 Å². The van der Waals surface area contributed by atoms with Gasteiger partial charge in [0.25, 0.3) is 0 Å². The lowest BCUT2D eigenvalue weighted by atomic mass is 9.57. The Morgan fingerprint density at radius 2 is 1.97 bits per heavy atom. The Balaban J connectivity index is 1.26. The monoisotopic (exact) mass is 467 g/mol. The minimum Gasteiger partial charge on any atom is -0.440 e. The summed E-state index contributed by atoms with van der Waals surface area (Å²) in [7, 11) is 0. The van der Waals surface area contributed by atoms with Crippen molar-refractivity contribution in [3.8, 4) is 5.69 Å². The molecule has 8 heteroatoms. The molecule has 4 aliphatic rings. The van der Waals surface area contributed by atoms with Crippen molar-refractivity contribution in [2.45, 2.75) is 57.3 Å². The van der Waals surface area contributed by atoms with Crippen molar-refractivity contribution in [2.24, 2.45) is 5.41 Å². The molecule has 3 fully saturated rings. The average molecular weight is 468 g/mol. The Hall–Kier alpha value is -2.71. The van der Waals surface area contributed by atoms with Gasteiger partial charge in [0.1, 0.15) is 11.4 Å². The third kappa shape index (κ3) is 3.46. The molecule has 2 atom stereocenters. The second-order valence-electron chi connectivity index (χ2n) is 10.1. The molecule has 2 aromatic rings. The third-order valence-corrected chi connectivity index (χ3v) is 8.07.